The van der Waals surface area contributed by atoms with E-state index in [0.717, 1.165) is 37.7 Å². The maximum atomic E-state index is 6.21. The monoisotopic (exact) mass is 450 g/mol. The van der Waals surface area contributed by atoms with E-state index in [1.807, 2.05) is 12.1 Å². The summed E-state index contributed by atoms with van der Waals surface area (Å²) in [5, 5.41) is 0.537. The van der Waals surface area contributed by atoms with E-state index in [-0.39, 0.29) is 0 Å². The zero-order chi connectivity index (χ0) is 14.0. The van der Waals surface area contributed by atoms with Crippen LogP contribution < -0.4 is 0 Å². The Morgan fingerprint density at radius 2 is 2.05 bits per heavy atom. The Morgan fingerprint density at radius 1 is 1.32 bits per heavy atom. The summed E-state index contributed by atoms with van der Waals surface area (Å²) in [6.07, 6.45) is 1.96. The SMILES string of the molecule is CCCc1nc(-c2ccc(Br)c(C)c2)nc(Cl)c1I. The number of rotatable bonds is 3. The van der Waals surface area contributed by atoms with Gasteiger partial charge in [-0.25, -0.2) is 9.97 Å². The van der Waals surface area contributed by atoms with Crippen LogP contribution in [0.1, 0.15) is 24.6 Å². The second-order valence-corrected chi connectivity index (χ2v) is 6.60. The van der Waals surface area contributed by atoms with Gasteiger partial charge >= 0.3 is 0 Å². The molecular weight excluding hydrogens is 438 g/mol. The van der Waals surface area contributed by atoms with E-state index >= 15 is 0 Å². The Bertz CT molecular complexity index is 617. The van der Waals surface area contributed by atoms with Crippen molar-refractivity contribution in [3.63, 3.8) is 0 Å². The van der Waals surface area contributed by atoms with E-state index in [4.69, 9.17) is 11.6 Å². The summed E-state index contributed by atoms with van der Waals surface area (Å²) in [7, 11) is 0. The van der Waals surface area contributed by atoms with Crippen LogP contribution in [0.2, 0.25) is 5.15 Å². The Labute approximate surface area is 140 Å². The largest absolute Gasteiger partial charge is 0.232 e. The first-order chi connectivity index (χ1) is 9.02. The Hall–Kier alpha value is -0.200. The average molecular weight is 452 g/mol. The molecule has 1 aromatic carbocycles. The summed E-state index contributed by atoms with van der Waals surface area (Å²) in [6, 6.07) is 6.09. The van der Waals surface area contributed by atoms with Crippen LogP contribution in [0.15, 0.2) is 22.7 Å². The van der Waals surface area contributed by atoms with Gasteiger partial charge in [-0.15, -0.1) is 0 Å². The molecule has 100 valence electrons. The van der Waals surface area contributed by atoms with Crippen molar-refractivity contribution in [1.82, 2.24) is 9.97 Å². The molecule has 0 fully saturated rings. The van der Waals surface area contributed by atoms with E-state index in [1.165, 1.54) is 0 Å². The summed E-state index contributed by atoms with van der Waals surface area (Å²) >= 11 is 11.9. The first-order valence-corrected chi connectivity index (χ1v) is 8.26. The number of hydrogen-bond donors (Lipinski definition) is 0. The molecule has 0 amide bonds. The van der Waals surface area contributed by atoms with Gasteiger partial charge in [0.1, 0.15) is 5.15 Å². The molecule has 0 atom stereocenters. The number of hydrogen-bond acceptors (Lipinski definition) is 2. The highest BCUT2D eigenvalue weighted by Crippen LogP contribution is 2.27. The van der Waals surface area contributed by atoms with Gasteiger partial charge in [-0.2, -0.15) is 0 Å². The lowest BCUT2D eigenvalue weighted by Crippen LogP contribution is -2.00. The zero-order valence-electron chi connectivity index (χ0n) is 10.7. The van der Waals surface area contributed by atoms with E-state index in [0.29, 0.717) is 11.0 Å². The van der Waals surface area contributed by atoms with Crippen LogP contribution in [0, 0.1) is 10.5 Å². The molecule has 2 nitrogen and oxygen atoms in total. The third-order valence-corrected chi connectivity index (χ3v) is 5.40. The second kappa shape index (κ2) is 6.50. The smallest absolute Gasteiger partial charge is 0.161 e. The molecule has 2 rings (SSSR count). The maximum Gasteiger partial charge on any atom is 0.161 e. The molecule has 0 saturated carbocycles. The van der Waals surface area contributed by atoms with Gasteiger partial charge in [-0.1, -0.05) is 46.9 Å². The van der Waals surface area contributed by atoms with Crippen molar-refractivity contribution in [3.05, 3.63) is 42.7 Å². The molecule has 0 unspecified atom stereocenters. The van der Waals surface area contributed by atoms with Crippen LogP contribution in [0.3, 0.4) is 0 Å². The van der Waals surface area contributed by atoms with Crippen LogP contribution in [0.4, 0.5) is 0 Å². The van der Waals surface area contributed by atoms with Crippen molar-refractivity contribution in [1.29, 1.82) is 0 Å². The summed E-state index contributed by atoms with van der Waals surface area (Å²) in [5.74, 6) is 0.699. The number of aromatic nitrogens is 2. The van der Waals surface area contributed by atoms with Crippen LogP contribution in [-0.2, 0) is 6.42 Å². The fraction of sp³-hybridized carbons (Fsp3) is 0.286. The molecule has 0 N–H and O–H groups in total. The van der Waals surface area contributed by atoms with Gasteiger partial charge < -0.3 is 0 Å². The summed E-state index contributed by atoms with van der Waals surface area (Å²) in [6.45, 7) is 4.18. The van der Waals surface area contributed by atoms with Gasteiger partial charge in [0.25, 0.3) is 0 Å². The van der Waals surface area contributed by atoms with Crippen LogP contribution >= 0.6 is 50.1 Å². The van der Waals surface area contributed by atoms with Gasteiger partial charge in [0.05, 0.1) is 9.26 Å². The van der Waals surface area contributed by atoms with Crippen molar-refractivity contribution in [2.45, 2.75) is 26.7 Å². The van der Waals surface area contributed by atoms with Crippen LogP contribution in [-0.4, -0.2) is 9.97 Å². The molecule has 0 bridgehead atoms. The first-order valence-electron chi connectivity index (χ1n) is 6.01. The molecule has 1 heterocycles. The minimum Gasteiger partial charge on any atom is -0.232 e. The van der Waals surface area contributed by atoms with Crippen molar-refractivity contribution >= 4 is 50.1 Å². The summed E-state index contributed by atoms with van der Waals surface area (Å²) < 4.78 is 2.04. The minimum atomic E-state index is 0.537. The Kier molecular flexibility index (Phi) is 5.20. The second-order valence-electron chi connectivity index (χ2n) is 4.31. The van der Waals surface area contributed by atoms with Gasteiger partial charge in [0, 0.05) is 10.0 Å². The minimum absolute atomic E-state index is 0.537. The van der Waals surface area contributed by atoms with Gasteiger partial charge in [-0.3, -0.25) is 0 Å². The van der Waals surface area contributed by atoms with Crippen molar-refractivity contribution in [3.8, 4) is 11.4 Å². The van der Waals surface area contributed by atoms with Gasteiger partial charge in [0.2, 0.25) is 0 Å². The fourth-order valence-electron chi connectivity index (χ4n) is 1.78. The highest BCUT2D eigenvalue weighted by atomic mass is 127. The van der Waals surface area contributed by atoms with Crippen LogP contribution in [0.5, 0.6) is 0 Å². The number of benzene rings is 1. The van der Waals surface area contributed by atoms with E-state index in [2.05, 4.69) is 68.4 Å². The topological polar surface area (TPSA) is 25.8 Å². The molecule has 0 saturated heterocycles. The lowest BCUT2D eigenvalue weighted by Gasteiger charge is -2.08. The van der Waals surface area contributed by atoms with E-state index in [1.54, 1.807) is 0 Å². The zero-order valence-corrected chi connectivity index (χ0v) is 15.2. The lowest BCUT2D eigenvalue weighted by atomic mass is 10.1. The molecule has 5 heteroatoms. The summed E-state index contributed by atoms with van der Waals surface area (Å²) in [5.41, 5.74) is 3.18. The number of nitrogens with zero attached hydrogens (tertiary/aromatic N) is 2. The number of halogens is 3. The van der Waals surface area contributed by atoms with Crippen molar-refractivity contribution in [2.24, 2.45) is 0 Å². The normalized spacial score (nSPS) is 10.8. The van der Waals surface area contributed by atoms with Crippen molar-refractivity contribution in [2.75, 3.05) is 0 Å². The highest BCUT2D eigenvalue weighted by Gasteiger charge is 2.12. The molecule has 0 aliphatic carbocycles. The lowest BCUT2D eigenvalue weighted by molar-refractivity contribution is 0.867. The predicted molar refractivity (Wildman–Crippen MR) is 91.6 cm³/mol. The van der Waals surface area contributed by atoms with Gasteiger partial charge in [-0.05, 0) is 53.6 Å². The molecule has 1 aromatic heterocycles. The molecule has 0 aliphatic rings. The average Bonchev–Trinajstić information content (AvgIpc) is 2.38. The predicted octanol–water partition coefficient (Wildman–Crippen LogP) is 5.43. The molecule has 0 aliphatic heterocycles. The molecule has 19 heavy (non-hydrogen) atoms. The highest BCUT2D eigenvalue weighted by molar-refractivity contribution is 14.1. The molecule has 0 spiro atoms. The van der Waals surface area contributed by atoms with Crippen molar-refractivity contribution < 1.29 is 0 Å². The van der Waals surface area contributed by atoms with E-state index in [9.17, 15) is 0 Å². The third kappa shape index (κ3) is 3.47. The standard InChI is InChI=1S/C14H13BrClIN2/c1-3-4-11-12(17)13(16)19-14(18-11)9-5-6-10(15)8(2)7-9/h5-7H,3-4H2,1-2H3. The maximum absolute atomic E-state index is 6.21. The quantitative estimate of drug-likeness (QED) is 0.460. The van der Waals surface area contributed by atoms with E-state index < -0.39 is 0 Å². The fourth-order valence-corrected chi connectivity index (χ4v) is 2.73. The molecule has 0 radical (unpaired) electrons. The number of aryl methyl sites for hydroxylation is 2. The first kappa shape index (κ1) is 15.2. The van der Waals surface area contributed by atoms with Gasteiger partial charge in [0.15, 0.2) is 5.82 Å². The molecular formula is C14H13BrClIN2. The third-order valence-electron chi connectivity index (χ3n) is 2.78. The Morgan fingerprint density at radius 3 is 2.68 bits per heavy atom. The Balaban J connectivity index is 2.52. The van der Waals surface area contributed by atoms with Crippen LogP contribution in [0.25, 0.3) is 11.4 Å². The molecule has 2 aromatic rings. The summed E-state index contributed by atoms with van der Waals surface area (Å²) in [4.78, 5) is 9.03.